The highest BCUT2D eigenvalue weighted by Crippen LogP contribution is 2.24. The molecule has 4 heteroatoms. The Balaban J connectivity index is 2.27. The summed E-state index contributed by atoms with van der Waals surface area (Å²) in [5, 5.41) is 0. The van der Waals surface area contributed by atoms with E-state index in [1.165, 1.54) is 0 Å². The second kappa shape index (κ2) is 5.22. The largest absolute Gasteiger partial charge is 0.354 e. The lowest BCUT2D eigenvalue weighted by molar-refractivity contribution is 0.426. The van der Waals surface area contributed by atoms with Gasteiger partial charge in [-0.05, 0) is 26.7 Å². The summed E-state index contributed by atoms with van der Waals surface area (Å²) < 4.78 is 0. The van der Waals surface area contributed by atoms with E-state index in [-0.39, 0.29) is 0 Å². The summed E-state index contributed by atoms with van der Waals surface area (Å²) >= 11 is 0. The van der Waals surface area contributed by atoms with E-state index in [9.17, 15) is 0 Å². The zero-order valence-corrected chi connectivity index (χ0v) is 11.8. The normalized spacial score (nSPS) is 24.7. The molecule has 0 spiro atoms. The van der Waals surface area contributed by atoms with Gasteiger partial charge in [-0.2, -0.15) is 0 Å². The predicted molar refractivity (Wildman–Crippen MR) is 74.9 cm³/mol. The van der Waals surface area contributed by atoms with Crippen LogP contribution in [0.4, 0.5) is 5.82 Å². The maximum atomic E-state index is 6.01. The molecule has 2 N–H and O–H groups in total. The zero-order valence-electron chi connectivity index (χ0n) is 11.8. The molecule has 0 bridgehead atoms. The lowest BCUT2D eigenvalue weighted by Crippen LogP contribution is -2.46. The molecule has 0 aromatic carbocycles. The number of hydrogen-bond donors (Lipinski definition) is 1. The van der Waals surface area contributed by atoms with Crippen LogP contribution in [0.1, 0.15) is 51.0 Å². The predicted octanol–water partition coefficient (Wildman–Crippen LogP) is 2.22. The SMILES string of the molecule is Cc1cc(N2CCC(N)CC2C)nc(C(C)C)n1. The minimum Gasteiger partial charge on any atom is -0.354 e. The molecule has 1 aromatic heterocycles. The highest BCUT2D eigenvalue weighted by Gasteiger charge is 2.24. The van der Waals surface area contributed by atoms with Crippen LogP contribution >= 0.6 is 0 Å². The van der Waals surface area contributed by atoms with Crippen molar-refractivity contribution >= 4 is 5.82 Å². The molecule has 0 aliphatic carbocycles. The van der Waals surface area contributed by atoms with Crippen molar-refractivity contribution in [1.29, 1.82) is 0 Å². The molecule has 2 unspecified atom stereocenters. The van der Waals surface area contributed by atoms with Crippen molar-refractivity contribution in [2.45, 2.75) is 58.5 Å². The van der Waals surface area contributed by atoms with Crippen molar-refractivity contribution < 1.29 is 0 Å². The molecule has 1 fully saturated rings. The van der Waals surface area contributed by atoms with Crippen LogP contribution in [-0.4, -0.2) is 28.6 Å². The highest BCUT2D eigenvalue weighted by molar-refractivity contribution is 5.42. The second-order valence-electron chi connectivity index (χ2n) is 5.71. The van der Waals surface area contributed by atoms with Gasteiger partial charge in [0.1, 0.15) is 11.6 Å². The summed E-state index contributed by atoms with van der Waals surface area (Å²) in [5.41, 5.74) is 7.06. The first-order valence-corrected chi connectivity index (χ1v) is 6.85. The zero-order chi connectivity index (χ0) is 13.3. The smallest absolute Gasteiger partial charge is 0.133 e. The minimum atomic E-state index is 0.337. The highest BCUT2D eigenvalue weighted by atomic mass is 15.2. The minimum absolute atomic E-state index is 0.337. The Morgan fingerprint density at radius 3 is 2.72 bits per heavy atom. The molecule has 4 nitrogen and oxygen atoms in total. The number of piperidine rings is 1. The molecular formula is C14H24N4. The van der Waals surface area contributed by atoms with Gasteiger partial charge in [0.25, 0.3) is 0 Å². The summed E-state index contributed by atoms with van der Waals surface area (Å²) in [5.74, 6) is 2.36. The molecule has 1 saturated heterocycles. The molecule has 1 aliphatic heterocycles. The average Bonchev–Trinajstić information content (AvgIpc) is 2.27. The van der Waals surface area contributed by atoms with Crippen LogP contribution in [0.5, 0.6) is 0 Å². The second-order valence-corrected chi connectivity index (χ2v) is 5.71. The maximum Gasteiger partial charge on any atom is 0.133 e. The van der Waals surface area contributed by atoms with Crippen LogP contribution in [-0.2, 0) is 0 Å². The van der Waals surface area contributed by atoms with Crippen molar-refractivity contribution in [3.05, 3.63) is 17.6 Å². The van der Waals surface area contributed by atoms with E-state index < -0.39 is 0 Å². The molecule has 2 atom stereocenters. The molecule has 0 radical (unpaired) electrons. The van der Waals surface area contributed by atoms with Gasteiger partial charge in [-0.15, -0.1) is 0 Å². The first kappa shape index (κ1) is 13.3. The summed E-state index contributed by atoms with van der Waals surface area (Å²) in [6, 6.07) is 2.88. The fraction of sp³-hybridized carbons (Fsp3) is 0.714. The number of rotatable bonds is 2. The van der Waals surface area contributed by atoms with Gasteiger partial charge >= 0.3 is 0 Å². The Labute approximate surface area is 110 Å². The first-order chi connectivity index (χ1) is 8.47. The van der Waals surface area contributed by atoms with Gasteiger partial charge in [0.15, 0.2) is 0 Å². The van der Waals surface area contributed by atoms with Gasteiger partial charge in [-0.3, -0.25) is 0 Å². The third kappa shape index (κ3) is 2.80. The van der Waals surface area contributed by atoms with Crippen molar-refractivity contribution in [3.8, 4) is 0 Å². The first-order valence-electron chi connectivity index (χ1n) is 6.85. The summed E-state index contributed by atoms with van der Waals surface area (Å²) in [6.07, 6.45) is 2.09. The lowest BCUT2D eigenvalue weighted by Gasteiger charge is -2.37. The fourth-order valence-corrected chi connectivity index (χ4v) is 2.53. The van der Waals surface area contributed by atoms with Crippen molar-refractivity contribution in [2.75, 3.05) is 11.4 Å². The van der Waals surface area contributed by atoms with E-state index in [1.807, 2.05) is 6.92 Å². The van der Waals surface area contributed by atoms with Gasteiger partial charge in [-0.25, -0.2) is 9.97 Å². The standard InChI is InChI=1S/C14H24N4/c1-9(2)14-16-10(3)7-13(17-14)18-6-5-12(15)8-11(18)4/h7,9,11-12H,5-6,8,15H2,1-4H3. The third-order valence-electron chi connectivity index (χ3n) is 3.59. The average molecular weight is 248 g/mol. The van der Waals surface area contributed by atoms with Crippen molar-refractivity contribution in [3.63, 3.8) is 0 Å². The molecule has 2 heterocycles. The van der Waals surface area contributed by atoms with Crippen LogP contribution < -0.4 is 10.6 Å². The van der Waals surface area contributed by atoms with Gasteiger partial charge < -0.3 is 10.6 Å². The maximum absolute atomic E-state index is 6.01. The number of anilines is 1. The molecule has 18 heavy (non-hydrogen) atoms. The lowest BCUT2D eigenvalue weighted by atomic mass is 9.99. The van der Waals surface area contributed by atoms with E-state index in [0.717, 1.165) is 36.7 Å². The van der Waals surface area contributed by atoms with Crippen LogP contribution in [0.3, 0.4) is 0 Å². The fourth-order valence-electron chi connectivity index (χ4n) is 2.53. The van der Waals surface area contributed by atoms with Crippen LogP contribution in [0.2, 0.25) is 0 Å². The molecule has 1 aliphatic rings. The number of nitrogens with zero attached hydrogens (tertiary/aromatic N) is 3. The quantitative estimate of drug-likeness (QED) is 0.872. The van der Waals surface area contributed by atoms with E-state index in [1.54, 1.807) is 0 Å². The number of hydrogen-bond acceptors (Lipinski definition) is 4. The Morgan fingerprint density at radius 2 is 2.11 bits per heavy atom. The third-order valence-corrected chi connectivity index (χ3v) is 3.59. The van der Waals surface area contributed by atoms with E-state index in [4.69, 9.17) is 10.7 Å². The van der Waals surface area contributed by atoms with E-state index >= 15 is 0 Å². The van der Waals surface area contributed by atoms with Crippen LogP contribution in [0.15, 0.2) is 6.07 Å². The van der Waals surface area contributed by atoms with Crippen molar-refractivity contribution in [2.24, 2.45) is 5.73 Å². The number of aryl methyl sites for hydroxylation is 1. The van der Waals surface area contributed by atoms with Crippen molar-refractivity contribution in [1.82, 2.24) is 9.97 Å². The number of nitrogens with two attached hydrogens (primary N) is 1. The molecule has 0 amide bonds. The Hall–Kier alpha value is -1.16. The Morgan fingerprint density at radius 1 is 1.39 bits per heavy atom. The van der Waals surface area contributed by atoms with Crippen LogP contribution in [0.25, 0.3) is 0 Å². The monoisotopic (exact) mass is 248 g/mol. The van der Waals surface area contributed by atoms with Gasteiger partial charge in [0.2, 0.25) is 0 Å². The van der Waals surface area contributed by atoms with E-state index in [0.29, 0.717) is 18.0 Å². The van der Waals surface area contributed by atoms with Gasteiger partial charge in [0, 0.05) is 36.3 Å². The Kier molecular flexibility index (Phi) is 3.85. The van der Waals surface area contributed by atoms with E-state index in [2.05, 4.69) is 36.7 Å². The summed E-state index contributed by atoms with van der Waals surface area (Å²) in [6.45, 7) is 9.53. The molecule has 100 valence electrons. The topological polar surface area (TPSA) is 55.0 Å². The summed E-state index contributed by atoms with van der Waals surface area (Å²) in [4.78, 5) is 11.6. The molecule has 0 saturated carbocycles. The molecule has 1 aromatic rings. The van der Waals surface area contributed by atoms with Gasteiger partial charge in [0.05, 0.1) is 0 Å². The summed E-state index contributed by atoms with van der Waals surface area (Å²) in [7, 11) is 0. The number of aromatic nitrogens is 2. The van der Waals surface area contributed by atoms with Gasteiger partial charge in [-0.1, -0.05) is 13.8 Å². The molecule has 2 rings (SSSR count). The van der Waals surface area contributed by atoms with Crippen LogP contribution in [0, 0.1) is 6.92 Å². The Bertz CT molecular complexity index is 416. The molecular weight excluding hydrogens is 224 g/mol.